The normalized spacial score (nSPS) is 16.5. The molecule has 1 aromatic rings. The Hall–Kier alpha value is -0.940. The Bertz CT molecular complexity index is 537. The number of carbonyl (C=O) groups is 1. The average Bonchev–Trinajstić information content (AvgIpc) is 2.41. The van der Waals surface area contributed by atoms with E-state index in [2.05, 4.69) is 15.9 Å². The van der Waals surface area contributed by atoms with Crippen LogP contribution in [0.15, 0.2) is 22.7 Å². The summed E-state index contributed by atoms with van der Waals surface area (Å²) in [6.07, 6.45) is 1.41. The molecule has 2 rings (SSSR count). The van der Waals surface area contributed by atoms with E-state index < -0.39 is 5.60 Å². The van der Waals surface area contributed by atoms with Crippen molar-refractivity contribution in [3.63, 3.8) is 0 Å². The Morgan fingerprint density at radius 3 is 2.50 bits per heavy atom. The molecule has 4 nitrogen and oxygen atoms in total. The van der Waals surface area contributed by atoms with Gasteiger partial charge in [-0.3, -0.25) is 0 Å². The SMILES string of the molecule is CC(C)(C)OC(=O)N1CCC(Oc2ccc(Cl)cc2Br)CC1. The zero-order valence-corrected chi connectivity index (χ0v) is 15.4. The minimum Gasteiger partial charge on any atom is -0.489 e. The minimum absolute atomic E-state index is 0.0937. The van der Waals surface area contributed by atoms with Gasteiger partial charge in [0.25, 0.3) is 0 Å². The van der Waals surface area contributed by atoms with Crippen molar-refractivity contribution in [2.24, 2.45) is 0 Å². The first-order chi connectivity index (χ1) is 10.2. The number of ether oxygens (including phenoxy) is 2. The Balaban J connectivity index is 1.86. The largest absolute Gasteiger partial charge is 0.489 e. The van der Waals surface area contributed by atoms with Crippen molar-refractivity contribution < 1.29 is 14.3 Å². The summed E-state index contributed by atoms with van der Waals surface area (Å²) in [6.45, 7) is 6.91. The van der Waals surface area contributed by atoms with Crippen LogP contribution in [0, 0.1) is 0 Å². The highest BCUT2D eigenvalue weighted by Gasteiger charge is 2.27. The van der Waals surface area contributed by atoms with Gasteiger partial charge in [-0.15, -0.1) is 0 Å². The molecule has 0 saturated carbocycles. The molecule has 0 atom stereocenters. The highest BCUT2D eigenvalue weighted by Crippen LogP contribution is 2.30. The van der Waals surface area contributed by atoms with Crippen LogP contribution in [0.3, 0.4) is 0 Å². The molecular weight excluding hydrogens is 370 g/mol. The molecule has 1 saturated heterocycles. The lowest BCUT2D eigenvalue weighted by Gasteiger charge is -2.33. The number of benzene rings is 1. The molecule has 0 N–H and O–H groups in total. The maximum absolute atomic E-state index is 12.0. The third-order valence-corrected chi connectivity index (χ3v) is 4.14. The summed E-state index contributed by atoms with van der Waals surface area (Å²) in [5.74, 6) is 0.778. The van der Waals surface area contributed by atoms with E-state index in [0.29, 0.717) is 18.1 Å². The van der Waals surface area contributed by atoms with E-state index in [-0.39, 0.29) is 12.2 Å². The van der Waals surface area contributed by atoms with Gasteiger partial charge in [-0.1, -0.05) is 11.6 Å². The van der Waals surface area contributed by atoms with Crippen LogP contribution in [0.1, 0.15) is 33.6 Å². The zero-order valence-electron chi connectivity index (χ0n) is 13.1. The molecule has 0 radical (unpaired) electrons. The minimum atomic E-state index is -0.460. The Kier molecular flexibility index (Phi) is 5.61. The summed E-state index contributed by atoms with van der Waals surface area (Å²) in [5.41, 5.74) is -0.460. The lowest BCUT2D eigenvalue weighted by Crippen LogP contribution is -2.44. The average molecular weight is 391 g/mol. The molecule has 0 unspecified atom stereocenters. The van der Waals surface area contributed by atoms with Gasteiger partial charge < -0.3 is 14.4 Å². The van der Waals surface area contributed by atoms with Crippen LogP contribution < -0.4 is 4.74 Å². The van der Waals surface area contributed by atoms with Gasteiger partial charge >= 0.3 is 6.09 Å². The smallest absolute Gasteiger partial charge is 0.410 e. The van der Waals surface area contributed by atoms with E-state index >= 15 is 0 Å². The van der Waals surface area contributed by atoms with Crippen LogP contribution in [0.4, 0.5) is 4.79 Å². The molecule has 122 valence electrons. The quantitative estimate of drug-likeness (QED) is 0.722. The van der Waals surface area contributed by atoms with Gasteiger partial charge in [0.2, 0.25) is 0 Å². The van der Waals surface area contributed by atoms with Gasteiger partial charge in [-0.25, -0.2) is 4.79 Å². The molecule has 1 aliphatic heterocycles. The maximum Gasteiger partial charge on any atom is 0.410 e. The standard InChI is InChI=1S/C16H21BrClNO3/c1-16(2,3)22-15(20)19-8-6-12(7-9-19)21-14-5-4-11(18)10-13(14)17/h4-5,10,12H,6-9H2,1-3H3. The Morgan fingerprint density at radius 2 is 1.95 bits per heavy atom. The lowest BCUT2D eigenvalue weighted by molar-refractivity contribution is 0.0126. The summed E-state index contributed by atoms with van der Waals surface area (Å²) >= 11 is 9.37. The predicted octanol–water partition coefficient (Wildman–Crippen LogP) is 4.88. The Morgan fingerprint density at radius 1 is 1.32 bits per heavy atom. The van der Waals surface area contributed by atoms with Crippen molar-refractivity contribution in [2.75, 3.05) is 13.1 Å². The van der Waals surface area contributed by atoms with Crippen molar-refractivity contribution >= 4 is 33.6 Å². The molecule has 1 amide bonds. The number of nitrogens with zero attached hydrogens (tertiary/aromatic N) is 1. The summed E-state index contributed by atoms with van der Waals surface area (Å²) in [5, 5.41) is 0.666. The topological polar surface area (TPSA) is 38.8 Å². The van der Waals surface area contributed by atoms with Crippen LogP contribution in [0.5, 0.6) is 5.75 Å². The highest BCUT2D eigenvalue weighted by molar-refractivity contribution is 9.10. The summed E-state index contributed by atoms with van der Waals surface area (Å²) in [6, 6.07) is 5.47. The van der Waals surface area contributed by atoms with Crippen LogP contribution in [0.2, 0.25) is 5.02 Å². The van der Waals surface area contributed by atoms with Gasteiger partial charge in [0, 0.05) is 31.0 Å². The third kappa shape index (κ3) is 5.06. The molecule has 0 aromatic heterocycles. The molecular formula is C16H21BrClNO3. The first-order valence-corrected chi connectivity index (χ1v) is 8.51. The van der Waals surface area contributed by atoms with E-state index in [1.807, 2.05) is 32.9 Å². The molecule has 1 aliphatic rings. The van der Waals surface area contributed by atoms with Crippen molar-refractivity contribution in [1.29, 1.82) is 0 Å². The van der Waals surface area contributed by atoms with Gasteiger partial charge in [0.15, 0.2) is 0 Å². The van der Waals surface area contributed by atoms with Gasteiger partial charge in [-0.2, -0.15) is 0 Å². The molecule has 0 bridgehead atoms. The Labute approximate surface area is 144 Å². The number of hydrogen-bond acceptors (Lipinski definition) is 3. The van der Waals surface area contributed by atoms with Crippen molar-refractivity contribution in [3.8, 4) is 5.75 Å². The maximum atomic E-state index is 12.0. The molecule has 0 aliphatic carbocycles. The van der Waals surface area contributed by atoms with E-state index in [1.54, 1.807) is 11.0 Å². The fourth-order valence-corrected chi connectivity index (χ4v) is 3.01. The number of likely N-dealkylation sites (tertiary alicyclic amines) is 1. The third-order valence-electron chi connectivity index (χ3n) is 3.28. The summed E-state index contributed by atoms with van der Waals surface area (Å²) < 4.78 is 12.2. The van der Waals surface area contributed by atoms with Gasteiger partial charge in [0.1, 0.15) is 17.5 Å². The first kappa shape index (κ1) is 17.4. The second kappa shape index (κ2) is 7.09. The number of amides is 1. The summed E-state index contributed by atoms with van der Waals surface area (Å²) in [4.78, 5) is 13.7. The molecule has 6 heteroatoms. The molecule has 1 fully saturated rings. The van der Waals surface area contributed by atoms with Crippen LogP contribution in [0.25, 0.3) is 0 Å². The molecule has 1 heterocycles. The van der Waals surface area contributed by atoms with Crippen molar-refractivity contribution in [2.45, 2.75) is 45.3 Å². The van der Waals surface area contributed by atoms with E-state index in [1.165, 1.54) is 0 Å². The van der Waals surface area contributed by atoms with Crippen LogP contribution >= 0.6 is 27.5 Å². The van der Waals surface area contributed by atoms with Gasteiger partial charge in [0.05, 0.1) is 4.47 Å². The van der Waals surface area contributed by atoms with E-state index in [4.69, 9.17) is 21.1 Å². The summed E-state index contributed by atoms with van der Waals surface area (Å²) in [7, 11) is 0. The lowest BCUT2D eigenvalue weighted by atomic mass is 10.1. The number of piperidine rings is 1. The van der Waals surface area contributed by atoms with Crippen LogP contribution in [-0.2, 0) is 4.74 Å². The van der Waals surface area contributed by atoms with Crippen LogP contribution in [-0.4, -0.2) is 35.8 Å². The highest BCUT2D eigenvalue weighted by atomic mass is 79.9. The molecule has 1 aromatic carbocycles. The molecule has 0 spiro atoms. The number of halogens is 2. The predicted molar refractivity (Wildman–Crippen MR) is 90.6 cm³/mol. The second-order valence-electron chi connectivity index (χ2n) is 6.36. The second-order valence-corrected chi connectivity index (χ2v) is 7.65. The van der Waals surface area contributed by atoms with E-state index in [9.17, 15) is 4.79 Å². The number of carbonyl (C=O) groups excluding carboxylic acids is 1. The fraction of sp³-hybridized carbons (Fsp3) is 0.562. The zero-order chi connectivity index (χ0) is 16.3. The monoisotopic (exact) mass is 389 g/mol. The van der Waals surface area contributed by atoms with Crippen molar-refractivity contribution in [3.05, 3.63) is 27.7 Å². The molecule has 22 heavy (non-hydrogen) atoms. The first-order valence-electron chi connectivity index (χ1n) is 7.34. The number of hydrogen-bond donors (Lipinski definition) is 0. The number of rotatable bonds is 2. The van der Waals surface area contributed by atoms with Gasteiger partial charge in [-0.05, 0) is 54.9 Å². The fourth-order valence-electron chi connectivity index (χ4n) is 2.23. The van der Waals surface area contributed by atoms with E-state index in [0.717, 1.165) is 23.1 Å². The van der Waals surface area contributed by atoms with Crippen molar-refractivity contribution in [1.82, 2.24) is 4.90 Å².